The average Bonchev–Trinajstić information content (AvgIpc) is 3.34. The molecule has 1 aromatic carbocycles. The van der Waals surface area contributed by atoms with Crippen LogP contribution in [0.4, 0.5) is 20.4 Å². The molecule has 3 heterocycles. The molecule has 0 bridgehead atoms. The Bertz CT molecular complexity index is 1660. The molecule has 5 rings (SSSR count). The van der Waals surface area contributed by atoms with Crippen LogP contribution in [0.15, 0.2) is 48.9 Å². The Hall–Kier alpha value is -4.45. The monoisotopic (exact) mass is 590 g/mol. The van der Waals surface area contributed by atoms with Crippen molar-refractivity contribution in [1.29, 1.82) is 0 Å². The van der Waals surface area contributed by atoms with E-state index in [-0.39, 0.29) is 47.1 Å². The largest absolute Gasteiger partial charge is 0.350 e. The Labute approximate surface area is 248 Å². The molecule has 1 aliphatic carbocycles. The second-order valence-electron chi connectivity index (χ2n) is 11.6. The number of fused-ring (bicyclic) bond motifs is 1. The van der Waals surface area contributed by atoms with Gasteiger partial charge in [-0.3, -0.25) is 14.6 Å². The summed E-state index contributed by atoms with van der Waals surface area (Å²) in [6.07, 6.45) is 6.50. The molecule has 4 N–H and O–H groups in total. The van der Waals surface area contributed by atoms with E-state index in [4.69, 9.17) is 5.73 Å². The number of hydrogen-bond donors (Lipinski definition) is 3. The average molecular weight is 591 g/mol. The van der Waals surface area contributed by atoms with Crippen LogP contribution in [0.2, 0.25) is 0 Å². The van der Waals surface area contributed by atoms with Crippen molar-refractivity contribution < 1.29 is 18.4 Å². The number of carbonyl (C=O) groups excluding carboxylic acids is 2. The number of nitrogens with one attached hydrogen (secondary N) is 2. The first-order chi connectivity index (χ1) is 20.5. The molecular formula is C31H36F2N8O2. The molecule has 43 heavy (non-hydrogen) atoms. The van der Waals surface area contributed by atoms with Gasteiger partial charge in [0.05, 0.1) is 40.4 Å². The zero-order valence-electron chi connectivity index (χ0n) is 24.8. The first-order valence-electron chi connectivity index (χ1n) is 14.3. The van der Waals surface area contributed by atoms with Gasteiger partial charge in [0, 0.05) is 38.3 Å². The molecular weight excluding hydrogens is 554 g/mol. The summed E-state index contributed by atoms with van der Waals surface area (Å²) in [6, 6.07) is 6.78. The van der Waals surface area contributed by atoms with E-state index in [1.54, 1.807) is 57.4 Å². The van der Waals surface area contributed by atoms with E-state index < -0.39 is 23.1 Å². The van der Waals surface area contributed by atoms with Crippen LogP contribution < -0.4 is 16.4 Å². The molecule has 1 saturated carbocycles. The number of amides is 2. The first kappa shape index (κ1) is 30.0. The van der Waals surface area contributed by atoms with Crippen molar-refractivity contribution >= 4 is 29.0 Å². The Morgan fingerprint density at radius 1 is 1.12 bits per heavy atom. The summed E-state index contributed by atoms with van der Waals surface area (Å²) in [6.45, 7) is 7.17. The Morgan fingerprint density at radius 3 is 2.58 bits per heavy atom. The third-order valence-corrected chi connectivity index (χ3v) is 8.12. The molecule has 12 heteroatoms. The van der Waals surface area contributed by atoms with Crippen LogP contribution in [0.25, 0.3) is 16.8 Å². The molecule has 0 saturated heterocycles. The smallest absolute Gasteiger partial charge is 0.254 e. The van der Waals surface area contributed by atoms with Crippen molar-refractivity contribution in [3.8, 4) is 11.3 Å². The zero-order valence-corrected chi connectivity index (χ0v) is 24.8. The SMILES string of the molecule is CC(=O)N(C)C1C(C)CC(c2ccncc2Nc2ncc3ccc(-c4c(F)ccc(C(=O)NC(C)C)c4F)nn23)CC1N. The molecule has 0 spiro atoms. The quantitative estimate of drug-likeness (QED) is 0.286. The minimum atomic E-state index is -0.995. The van der Waals surface area contributed by atoms with Crippen molar-refractivity contribution in [2.45, 2.75) is 64.6 Å². The van der Waals surface area contributed by atoms with Crippen molar-refractivity contribution in [3.05, 3.63) is 71.7 Å². The predicted octanol–water partition coefficient (Wildman–Crippen LogP) is 4.64. The number of nitrogens with two attached hydrogens (primary N) is 1. The second kappa shape index (κ2) is 12.0. The topological polar surface area (TPSA) is 131 Å². The molecule has 4 atom stereocenters. The summed E-state index contributed by atoms with van der Waals surface area (Å²) >= 11 is 0. The fraction of sp³-hybridized carbons (Fsp3) is 0.387. The molecule has 0 aliphatic heterocycles. The van der Waals surface area contributed by atoms with E-state index in [0.717, 1.165) is 24.1 Å². The third kappa shape index (κ3) is 5.92. The van der Waals surface area contributed by atoms with Crippen LogP contribution in [0, 0.1) is 17.6 Å². The van der Waals surface area contributed by atoms with Gasteiger partial charge in [0.1, 0.15) is 11.6 Å². The number of benzene rings is 1. The molecule has 2 amide bonds. The molecule has 226 valence electrons. The van der Waals surface area contributed by atoms with Crippen LogP contribution in [-0.4, -0.2) is 61.5 Å². The van der Waals surface area contributed by atoms with Crippen LogP contribution in [0.5, 0.6) is 0 Å². The lowest BCUT2D eigenvalue weighted by molar-refractivity contribution is -0.131. The number of halogens is 2. The second-order valence-corrected chi connectivity index (χ2v) is 11.6. The van der Waals surface area contributed by atoms with Gasteiger partial charge >= 0.3 is 0 Å². The van der Waals surface area contributed by atoms with Crippen LogP contribution in [0.1, 0.15) is 62.4 Å². The predicted molar refractivity (Wildman–Crippen MR) is 160 cm³/mol. The highest BCUT2D eigenvalue weighted by atomic mass is 19.1. The highest BCUT2D eigenvalue weighted by Crippen LogP contribution is 2.40. The maximum atomic E-state index is 15.5. The van der Waals surface area contributed by atoms with Crippen LogP contribution >= 0.6 is 0 Å². The molecule has 3 aromatic heterocycles. The van der Waals surface area contributed by atoms with E-state index >= 15 is 4.39 Å². The van der Waals surface area contributed by atoms with Gasteiger partial charge in [0.25, 0.3) is 5.91 Å². The summed E-state index contributed by atoms with van der Waals surface area (Å²) in [5, 5.41) is 10.4. The lowest BCUT2D eigenvalue weighted by atomic mass is 9.73. The minimum absolute atomic E-state index is 0.00173. The fourth-order valence-electron chi connectivity index (χ4n) is 6.10. The maximum Gasteiger partial charge on any atom is 0.254 e. The van der Waals surface area contributed by atoms with Gasteiger partial charge in [-0.2, -0.15) is 9.61 Å². The van der Waals surface area contributed by atoms with E-state index in [2.05, 4.69) is 32.6 Å². The summed E-state index contributed by atoms with van der Waals surface area (Å²) in [4.78, 5) is 35.1. The van der Waals surface area contributed by atoms with E-state index in [1.807, 2.05) is 6.07 Å². The number of nitrogens with zero attached hydrogens (tertiary/aromatic N) is 5. The Kier molecular flexibility index (Phi) is 8.41. The van der Waals surface area contributed by atoms with E-state index in [9.17, 15) is 14.0 Å². The normalized spacial score (nSPS) is 20.3. The molecule has 1 aliphatic rings. The van der Waals surface area contributed by atoms with Gasteiger partial charge in [-0.05, 0) is 74.4 Å². The summed E-state index contributed by atoms with van der Waals surface area (Å²) in [5.41, 5.74) is 8.22. The molecule has 0 radical (unpaired) electrons. The van der Waals surface area contributed by atoms with Gasteiger partial charge < -0.3 is 21.3 Å². The lowest BCUT2D eigenvalue weighted by Gasteiger charge is -2.43. The molecule has 1 fully saturated rings. The number of rotatable bonds is 7. The van der Waals surface area contributed by atoms with Crippen LogP contribution in [-0.2, 0) is 4.79 Å². The fourth-order valence-corrected chi connectivity index (χ4v) is 6.10. The van der Waals surface area contributed by atoms with Crippen molar-refractivity contribution in [1.82, 2.24) is 29.8 Å². The first-order valence-corrected chi connectivity index (χ1v) is 14.3. The van der Waals surface area contributed by atoms with Crippen molar-refractivity contribution in [3.63, 3.8) is 0 Å². The number of carbonyl (C=O) groups is 2. The maximum absolute atomic E-state index is 15.5. The summed E-state index contributed by atoms with van der Waals surface area (Å²) < 4.78 is 31.9. The molecule has 10 nitrogen and oxygen atoms in total. The number of likely N-dealkylation sites (N-methyl/N-ethyl adjacent to an activating group) is 1. The van der Waals surface area contributed by atoms with E-state index in [0.29, 0.717) is 23.6 Å². The standard InChI is InChI=1S/C31H36F2N8O2/c1-16(2)37-30(43)22-7-8-23(32)27(28(22)33)25-9-6-20-14-36-31(41(20)39-25)38-26-15-35-11-10-21(26)19-12-17(3)29(24(34)13-19)40(5)18(4)42/h6-11,14-17,19,24,29H,12-13,34H2,1-5H3,(H,36,38)(H,37,43). The zero-order chi connectivity index (χ0) is 31.0. The van der Waals surface area contributed by atoms with Crippen LogP contribution in [0.3, 0.4) is 0 Å². The summed E-state index contributed by atoms with van der Waals surface area (Å²) in [5.74, 6) is -1.90. The highest BCUT2D eigenvalue weighted by molar-refractivity contribution is 5.96. The Morgan fingerprint density at radius 2 is 1.88 bits per heavy atom. The van der Waals surface area contributed by atoms with Gasteiger partial charge in [0.2, 0.25) is 11.9 Å². The minimum Gasteiger partial charge on any atom is -0.350 e. The molecule has 4 aromatic rings. The van der Waals surface area contributed by atoms with Crippen molar-refractivity contribution in [2.75, 3.05) is 12.4 Å². The Balaban J connectivity index is 1.47. The number of hydrogen-bond acceptors (Lipinski definition) is 7. The van der Waals surface area contributed by atoms with Gasteiger partial charge in [0.15, 0.2) is 0 Å². The number of anilines is 2. The number of aromatic nitrogens is 4. The lowest BCUT2D eigenvalue weighted by Crippen LogP contribution is -2.54. The number of imidazole rings is 1. The van der Waals surface area contributed by atoms with E-state index in [1.165, 1.54) is 10.6 Å². The molecule has 4 unspecified atom stereocenters. The summed E-state index contributed by atoms with van der Waals surface area (Å²) in [7, 11) is 1.79. The van der Waals surface area contributed by atoms with Crippen molar-refractivity contribution in [2.24, 2.45) is 11.7 Å². The van der Waals surface area contributed by atoms with Gasteiger partial charge in [-0.15, -0.1) is 0 Å². The number of pyridine rings is 1. The third-order valence-electron chi connectivity index (χ3n) is 8.12. The van der Waals surface area contributed by atoms with Gasteiger partial charge in [-0.25, -0.2) is 13.8 Å². The van der Waals surface area contributed by atoms with Gasteiger partial charge in [-0.1, -0.05) is 6.92 Å². The highest BCUT2D eigenvalue weighted by Gasteiger charge is 2.38.